The Bertz CT molecular complexity index is 730. The van der Waals surface area contributed by atoms with Crippen molar-refractivity contribution in [2.24, 2.45) is 0 Å². The van der Waals surface area contributed by atoms with Crippen molar-refractivity contribution in [3.63, 3.8) is 0 Å². The van der Waals surface area contributed by atoms with Crippen molar-refractivity contribution in [2.45, 2.75) is 13.0 Å². The molecule has 0 amide bonds. The number of rotatable bonds is 5. The van der Waals surface area contributed by atoms with E-state index in [0.717, 1.165) is 0 Å². The summed E-state index contributed by atoms with van der Waals surface area (Å²) in [5.74, 6) is -0.733. The molecule has 23 heavy (non-hydrogen) atoms. The van der Waals surface area contributed by atoms with Crippen LogP contribution in [0.2, 0.25) is 0 Å². The Morgan fingerprint density at radius 3 is 2.22 bits per heavy atom. The number of carbonyl (C=O) groups excluding carboxylic acids is 1. The maximum Gasteiger partial charge on any atom is 0.349 e. The molecule has 0 heterocycles. The van der Waals surface area contributed by atoms with Gasteiger partial charge >= 0.3 is 5.97 Å². The summed E-state index contributed by atoms with van der Waals surface area (Å²) < 4.78 is 4.95. The number of aliphatic hydroxyl groups is 1. The Balaban J connectivity index is 2.61. The Labute approximate surface area is 135 Å². The zero-order valence-corrected chi connectivity index (χ0v) is 12.8. The van der Waals surface area contributed by atoms with Gasteiger partial charge in [-0.1, -0.05) is 60.7 Å². The molecule has 1 atom stereocenters. The lowest BCUT2D eigenvalue weighted by molar-refractivity contribution is -0.138. The molecule has 0 fully saturated rings. The molecule has 4 nitrogen and oxygen atoms in total. The van der Waals surface area contributed by atoms with E-state index in [4.69, 9.17) is 4.74 Å². The van der Waals surface area contributed by atoms with Gasteiger partial charge in [0.1, 0.15) is 17.7 Å². The lowest BCUT2D eigenvalue weighted by atomic mass is 9.91. The van der Waals surface area contributed by atoms with Crippen molar-refractivity contribution in [3.05, 3.63) is 77.4 Å². The van der Waals surface area contributed by atoms with Crippen molar-refractivity contribution >= 4 is 11.5 Å². The van der Waals surface area contributed by atoms with E-state index in [1.807, 2.05) is 18.2 Å². The van der Waals surface area contributed by atoms with Crippen LogP contribution in [0.1, 0.15) is 24.2 Å². The fourth-order valence-corrected chi connectivity index (χ4v) is 2.28. The topological polar surface area (TPSA) is 70.3 Å². The second-order valence-corrected chi connectivity index (χ2v) is 4.80. The summed E-state index contributed by atoms with van der Waals surface area (Å²) in [7, 11) is 0. The molecule has 0 saturated carbocycles. The predicted molar refractivity (Wildman–Crippen MR) is 87.0 cm³/mol. The minimum atomic E-state index is -1.10. The first kappa shape index (κ1) is 16.5. The monoisotopic (exact) mass is 307 g/mol. The zero-order valence-electron chi connectivity index (χ0n) is 12.8. The lowest BCUT2D eigenvalue weighted by Gasteiger charge is -2.17. The first-order valence-corrected chi connectivity index (χ1v) is 7.28. The molecule has 0 aliphatic rings. The highest BCUT2D eigenvalue weighted by Gasteiger charge is 2.24. The van der Waals surface area contributed by atoms with Gasteiger partial charge in [0.05, 0.1) is 6.61 Å². The van der Waals surface area contributed by atoms with Gasteiger partial charge in [-0.2, -0.15) is 5.26 Å². The normalized spacial score (nSPS) is 12.7. The van der Waals surface area contributed by atoms with Gasteiger partial charge in [-0.3, -0.25) is 0 Å². The highest BCUT2D eigenvalue weighted by atomic mass is 16.5. The Morgan fingerprint density at radius 2 is 1.70 bits per heavy atom. The number of hydrogen-bond donors (Lipinski definition) is 1. The summed E-state index contributed by atoms with van der Waals surface area (Å²) in [5.41, 5.74) is 1.27. The fourth-order valence-electron chi connectivity index (χ4n) is 2.28. The molecule has 0 aliphatic heterocycles. The molecule has 0 aliphatic carbocycles. The van der Waals surface area contributed by atoms with Crippen molar-refractivity contribution in [1.29, 1.82) is 5.26 Å². The van der Waals surface area contributed by atoms with Gasteiger partial charge in [-0.05, 0) is 18.1 Å². The largest absolute Gasteiger partial charge is 0.462 e. The number of esters is 1. The van der Waals surface area contributed by atoms with Gasteiger partial charge in [0.25, 0.3) is 0 Å². The molecule has 0 saturated heterocycles. The Kier molecular flexibility index (Phi) is 5.67. The van der Waals surface area contributed by atoms with Crippen molar-refractivity contribution in [3.8, 4) is 6.07 Å². The second-order valence-electron chi connectivity index (χ2n) is 4.80. The van der Waals surface area contributed by atoms with E-state index in [9.17, 15) is 15.2 Å². The molecule has 1 unspecified atom stereocenters. The van der Waals surface area contributed by atoms with Crippen LogP contribution < -0.4 is 0 Å². The number of benzene rings is 2. The van der Waals surface area contributed by atoms with E-state index in [1.54, 1.807) is 55.5 Å². The van der Waals surface area contributed by atoms with Crippen LogP contribution in [0.3, 0.4) is 0 Å². The van der Waals surface area contributed by atoms with Crippen molar-refractivity contribution in [2.75, 3.05) is 6.61 Å². The summed E-state index contributed by atoms with van der Waals surface area (Å²) in [6.45, 7) is 1.83. The number of hydrogen-bond acceptors (Lipinski definition) is 4. The summed E-state index contributed by atoms with van der Waals surface area (Å²) in [6, 6.07) is 19.7. The van der Waals surface area contributed by atoms with Gasteiger partial charge in [-0.25, -0.2) is 4.79 Å². The molecular formula is C19H17NO3. The highest BCUT2D eigenvalue weighted by Crippen LogP contribution is 2.33. The maximum atomic E-state index is 12.1. The lowest BCUT2D eigenvalue weighted by Crippen LogP contribution is -2.12. The molecule has 0 bridgehead atoms. The van der Waals surface area contributed by atoms with E-state index in [0.29, 0.717) is 11.1 Å². The zero-order chi connectivity index (χ0) is 16.7. The SMILES string of the molecule is CCOC(=O)C(C#N)=C(c1ccccc1)C(O)c1ccccc1. The van der Waals surface area contributed by atoms with Crippen molar-refractivity contribution < 1.29 is 14.6 Å². The molecular weight excluding hydrogens is 290 g/mol. The van der Waals surface area contributed by atoms with Crippen LogP contribution in [0.4, 0.5) is 0 Å². The van der Waals surface area contributed by atoms with E-state index in [1.165, 1.54) is 0 Å². The summed E-state index contributed by atoms with van der Waals surface area (Å²) in [6.07, 6.45) is -1.10. The number of nitriles is 1. The predicted octanol–water partition coefficient (Wildman–Crippen LogP) is 3.26. The number of carbonyl (C=O) groups is 1. The third-order valence-electron chi connectivity index (χ3n) is 3.33. The molecule has 116 valence electrons. The third-order valence-corrected chi connectivity index (χ3v) is 3.33. The van der Waals surface area contributed by atoms with E-state index in [-0.39, 0.29) is 17.8 Å². The molecule has 2 rings (SSSR count). The Hall–Kier alpha value is -2.90. The quantitative estimate of drug-likeness (QED) is 0.523. The Morgan fingerprint density at radius 1 is 1.13 bits per heavy atom. The van der Waals surface area contributed by atoms with Gasteiger partial charge in [0.15, 0.2) is 0 Å². The van der Waals surface area contributed by atoms with Crippen molar-refractivity contribution in [1.82, 2.24) is 0 Å². The summed E-state index contributed by atoms with van der Waals surface area (Å²) >= 11 is 0. The third kappa shape index (κ3) is 3.85. The number of nitrogens with zero attached hydrogens (tertiary/aromatic N) is 1. The standard InChI is InChI=1S/C19H17NO3/c1-2-23-19(22)16(13-20)17(14-9-5-3-6-10-14)18(21)15-11-7-4-8-12-15/h3-12,18,21H,2H2,1H3. The first-order valence-electron chi connectivity index (χ1n) is 7.28. The smallest absolute Gasteiger partial charge is 0.349 e. The molecule has 4 heteroatoms. The van der Waals surface area contributed by atoms with Crippen LogP contribution in [-0.4, -0.2) is 17.7 Å². The molecule has 2 aromatic carbocycles. The van der Waals surface area contributed by atoms with Crippen LogP contribution >= 0.6 is 0 Å². The molecule has 0 radical (unpaired) electrons. The number of ether oxygens (including phenoxy) is 1. The van der Waals surface area contributed by atoms with Crippen LogP contribution in [-0.2, 0) is 9.53 Å². The molecule has 1 N–H and O–H groups in total. The highest BCUT2D eigenvalue weighted by molar-refractivity contribution is 6.02. The van der Waals surface area contributed by atoms with Crippen LogP contribution in [0.5, 0.6) is 0 Å². The summed E-state index contributed by atoms with van der Waals surface area (Å²) in [5, 5.41) is 20.2. The molecule has 0 spiro atoms. The average Bonchev–Trinajstić information content (AvgIpc) is 2.60. The minimum absolute atomic E-state index is 0.160. The van der Waals surface area contributed by atoms with Crippen LogP contribution in [0.25, 0.3) is 5.57 Å². The first-order chi connectivity index (χ1) is 11.2. The molecule has 0 aromatic heterocycles. The van der Waals surface area contributed by atoms with Crippen LogP contribution in [0, 0.1) is 11.3 Å². The molecule has 2 aromatic rings. The second kappa shape index (κ2) is 7.92. The summed E-state index contributed by atoms with van der Waals surface area (Å²) in [4.78, 5) is 12.1. The van der Waals surface area contributed by atoms with E-state index < -0.39 is 12.1 Å². The van der Waals surface area contributed by atoms with E-state index >= 15 is 0 Å². The van der Waals surface area contributed by atoms with Gasteiger partial charge in [0, 0.05) is 5.57 Å². The maximum absolute atomic E-state index is 12.1. The fraction of sp³-hybridized carbons (Fsp3) is 0.158. The van der Waals surface area contributed by atoms with E-state index in [2.05, 4.69) is 0 Å². The van der Waals surface area contributed by atoms with Gasteiger partial charge < -0.3 is 9.84 Å². The number of aliphatic hydroxyl groups excluding tert-OH is 1. The van der Waals surface area contributed by atoms with Crippen LogP contribution in [0.15, 0.2) is 66.2 Å². The minimum Gasteiger partial charge on any atom is -0.462 e. The average molecular weight is 307 g/mol. The van der Waals surface area contributed by atoms with Gasteiger partial charge in [-0.15, -0.1) is 0 Å². The van der Waals surface area contributed by atoms with Gasteiger partial charge in [0.2, 0.25) is 0 Å².